The van der Waals surface area contributed by atoms with Crippen LogP contribution in [0.1, 0.15) is 12.2 Å². The van der Waals surface area contributed by atoms with Gasteiger partial charge in [-0.05, 0) is 20.0 Å². The summed E-state index contributed by atoms with van der Waals surface area (Å²) >= 11 is 0. The largest absolute Gasteiger partial charge is 0.333 e. The van der Waals surface area contributed by atoms with E-state index in [2.05, 4.69) is 10.3 Å². The lowest BCUT2D eigenvalue weighted by Crippen LogP contribution is -2.39. The molecule has 0 saturated carbocycles. The first-order valence-corrected chi connectivity index (χ1v) is 7.37. The van der Waals surface area contributed by atoms with E-state index in [1.807, 2.05) is 17.8 Å². The number of imidazole rings is 1. The molecule has 1 aliphatic rings. The third kappa shape index (κ3) is 2.85. The van der Waals surface area contributed by atoms with Crippen LogP contribution in [0.2, 0.25) is 0 Å². The third-order valence-electron chi connectivity index (χ3n) is 2.93. The van der Waals surface area contributed by atoms with Crippen LogP contribution in [0.25, 0.3) is 0 Å². The maximum Gasteiger partial charge on any atom is 0.214 e. The molecule has 7 heteroatoms. The molecule has 2 heterocycles. The number of fused-ring (bicyclic) bond motifs is 1. The monoisotopic (exact) mass is 258 g/mol. The first-order chi connectivity index (χ1) is 8.13. The number of nitrogens with zero attached hydrogens (tertiary/aromatic N) is 3. The Kier molecular flexibility index (Phi) is 3.80. The summed E-state index contributed by atoms with van der Waals surface area (Å²) in [7, 11) is -1.31. The van der Waals surface area contributed by atoms with Gasteiger partial charge in [-0.2, -0.15) is 4.31 Å². The summed E-state index contributed by atoms with van der Waals surface area (Å²) in [6.45, 7) is 2.36. The van der Waals surface area contributed by atoms with Gasteiger partial charge in [-0.3, -0.25) is 0 Å². The van der Waals surface area contributed by atoms with Crippen LogP contribution in [0.5, 0.6) is 0 Å². The Bertz CT molecular complexity index is 468. The lowest BCUT2D eigenvalue weighted by Gasteiger charge is -2.26. The van der Waals surface area contributed by atoms with Gasteiger partial charge in [0.25, 0.3) is 0 Å². The topological polar surface area (TPSA) is 67.2 Å². The summed E-state index contributed by atoms with van der Waals surface area (Å²) in [5, 5.41) is 2.96. The van der Waals surface area contributed by atoms with Crippen LogP contribution in [0.4, 0.5) is 0 Å². The molecule has 0 amide bonds. The molecule has 2 rings (SSSR count). The second-order valence-corrected chi connectivity index (χ2v) is 6.23. The van der Waals surface area contributed by atoms with Crippen molar-refractivity contribution >= 4 is 10.0 Å². The van der Waals surface area contributed by atoms with E-state index in [9.17, 15) is 8.42 Å². The van der Waals surface area contributed by atoms with E-state index in [0.717, 1.165) is 12.4 Å². The van der Waals surface area contributed by atoms with E-state index < -0.39 is 10.0 Å². The molecule has 1 N–H and O–H groups in total. The van der Waals surface area contributed by atoms with Gasteiger partial charge in [0.1, 0.15) is 5.82 Å². The number of hydrogen-bond donors (Lipinski definition) is 1. The summed E-state index contributed by atoms with van der Waals surface area (Å²) < 4.78 is 27.6. The van der Waals surface area contributed by atoms with Crippen LogP contribution in [-0.2, 0) is 23.1 Å². The summed E-state index contributed by atoms with van der Waals surface area (Å²) in [6, 6.07) is 0. The minimum Gasteiger partial charge on any atom is -0.333 e. The molecule has 0 unspecified atom stereocenters. The fourth-order valence-corrected chi connectivity index (χ4v) is 3.39. The molecule has 6 nitrogen and oxygen atoms in total. The molecule has 1 aromatic heterocycles. The number of hydrogen-bond acceptors (Lipinski definition) is 4. The quantitative estimate of drug-likeness (QED) is 0.732. The summed E-state index contributed by atoms with van der Waals surface area (Å²) in [5.74, 6) is 1.03. The summed E-state index contributed by atoms with van der Waals surface area (Å²) in [4.78, 5) is 4.16. The predicted molar refractivity (Wildman–Crippen MR) is 65.0 cm³/mol. The predicted octanol–water partition coefficient (Wildman–Crippen LogP) is -0.362. The van der Waals surface area contributed by atoms with Crippen LogP contribution < -0.4 is 5.32 Å². The van der Waals surface area contributed by atoms with Gasteiger partial charge < -0.3 is 9.88 Å². The first kappa shape index (κ1) is 12.5. The maximum absolute atomic E-state index is 12.1. The smallest absolute Gasteiger partial charge is 0.214 e. The lowest BCUT2D eigenvalue weighted by molar-refractivity contribution is 0.335. The van der Waals surface area contributed by atoms with Gasteiger partial charge in [0.15, 0.2) is 0 Å². The van der Waals surface area contributed by atoms with Gasteiger partial charge >= 0.3 is 0 Å². The fourth-order valence-electron chi connectivity index (χ4n) is 1.95. The SMILES string of the molecule is CNCCCS(=O)(=O)N1CCn2ccnc2C1. The van der Waals surface area contributed by atoms with E-state index in [1.54, 1.807) is 6.20 Å². The Morgan fingerprint density at radius 3 is 3.06 bits per heavy atom. The van der Waals surface area contributed by atoms with Crippen molar-refractivity contribution in [2.24, 2.45) is 0 Å². The molecule has 0 atom stereocenters. The second-order valence-electron chi connectivity index (χ2n) is 4.14. The van der Waals surface area contributed by atoms with E-state index in [-0.39, 0.29) is 5.75 Å². The van der Waals surface area contributed by atoms with Gasteiger partial charge in [0.05, 0.1) is 12.3 Å². The van der Waals surface area contributed by atoms with Crippen molar-refractivity contribution in [3.05, 3.63) is 18.2 Å². The van der Waals surface area contributed by atoms with Crippen LogP contribution in [-0.4, -0.2) is 48.2 Å². The van der Waals surface area contributed by atoms with Crippen LogP contribution in [0.3, 0.4) is 0 Å². The molecule has 96 valence electrons. The highest BCUT2D eigenvalue weighted by atomic mass is 32.2. The normalized spacial score (nSPS) is 17.0. The molecule has 0 bridgehead atoms. The van der Waals surface area contributed by atoms with Crippen LogP contribution in [0.15, 0.2) is 12.4 Å². The molecule has 0 fully saturated rings. The standard InChI is InChI=1S/C10H18N4O2S/c1-11-3-2-8-17(15,16)14-7-6-13-5-4-12-10(13)9-14/h4-5,11H,2-3,6-9H2,1H3. The zero-order valence-electron chi connectivity index (χ0n) is 9.96. The minimum absolute atomic E-state index is 0.203. The molecule has 0 aromatic carbocycles. The highest BCUT2D eigenvalue weighted by Crippen LogP contribution is 2.14. The Morgan fingerprint density at radius 2 is 2.29 bits per heavy atom. The average Bonchev–Trinajstić information content (AvgIpc) is 2.76. The Labute approximate surface area is 102 Å². The van der Waals surface area contributed by atoms with E-state index in [4.69, 9.17) is 0 Å². The van der Waals surface area contributed by atoms with Gasteiger partial charge in [-0.1, -0.05) is 0 Å². The van der Waals surface area contributed by atoms with Gasteiger partial charge in [-0.15, -0.1) is 0 Å². The zero-order chi connectivity index (χ0) is 12.3. The van der Waals surface area contributed by atoms with E-state index in [0.29, 0.717) is 26.1 Å². The Hall–Kier alpha value is -0.920. The highest BCUT2D eigenvalue weighted by molar-refractivity contribution is 7.89. The first-order valence-electron chi connectivity index (χ1n) is 5.76. The zero-order valence-corrected chi connectivity index (χ0v) is 10.8. The Morgan fingerprint density at radius 1 is 1.47 bits per heavy atom. The summed E-state index contributed by atoms with van der Waals surface area (Å²) in [6.07, 6.45) is 4.25. The molecule has 1 aromatic rings. The van der Waals surface area contributed by atoms with Crippen molar-refractivity contribution in [3.63, 3.8) is 0 Å². The molecule has 0 radical (unpaired) electrons. The average molecular weight is 258 g/mol. The van der Waals surface area contributed by atoms with Crippen LogP contribution in [0, 0.1) is 0 Å². The number of sulfonamides is 1. The Balaban J connectivity index is 2.00. The van der Waals surface area contributed by atoms with E-state index >= 15 is 0 Å². The van der Waals surface area contributed by atoms with Crippen molar-refractivity contribution < 1.29 is 8.42 Å². The van der Waals surface area contributed by atoms with Gasteiger partial charge in [0.2, 0.25) is 10.0 Å². The van der Waals surface area contributed by atoms with Crippen molar-refractivity contribution in [2.45, 2.75) is 19.5 Å². The van der Waals surface area contributed by atoms with Crippen molar-refractivity contribution in [2.75, 3.05) is 25.9 Å². The lowest BCUT2D eigenvalue weighted by atomic mass is 10.4. The van der Waals surface area contributed by atoms with Crippen molar-refractivity contribution in [1.29, 1.82) is 0 Å². The molecule has 17 heavy (non-hydrogen) atoms. The number of aromatic nitrogens is 2. The molecule has 0 spiro atoms. The molecule has 0 aliphatic carbocycles. The molecular formula is C10H18N4O2S. The van der Waals surface area contributed by atoms with Gasteiger partial charge in [0, 0.05) is 25.5 Å². The number of rotatable bonds is 5. The van der Waals surface area contributed by atoms with E-state index in [1.165, 1.54) is 4.31 Å². The van der Waals surface area contributed by atoms with Gasteiger partial charge in [-0.25, -0.2) is 13.4 Å². The van der Waals surface area contributed by atoms with Crippen molar-refractivity contribution in [1.82, 2.24) is 19.2 Å². The molecular weight excluding hydrogens is 240 g/mol. The fraction of sp³-hybridized carbons (Fsp3) is 0.700. The molecule has 1 aliphatic heterocycles. The summed E-state index contributed by atoms with van der Waals surface area (Å²) in [5.41, 5.74) is 0. The van der Waals surface area contributed by atoms with Crippen LogP contribution >= 0.6 is 0 Å². The third-order valence-corrected chi connectivity index (χ3v) is 4.84. The minimum atomic E-state index is -3.14. The maximum atomic E-state index is 12.1. The highest BCUT2D eigenvalue weighted by Gasteiger charge is 2.26. The van der Waals surface area contributed by atoms with Crippen molar-refractivity contribution in [3.8, 4) is 0 Å². The second kappa shape index (κ2) is 5.16. The number of nitrogens with one attached hydrogen (secondary N) is 1. The molecule has 0 saturated heterocycles.